The molecule has 2 saturated carbocycles. The fourth-order valence-electron chi connectivity index (χ4n) is 4.90. The van der Waals surface area contributed by atoms with Crippen molar-refractivity contribution in [2.24, 2.45) is 5.92 Å². The second-order valence-corrected chi connectivity index (χ2v) is 7.91. The van der Waals surface area contributed by atoms with Gasteiger partial charge in [-0.15, -0.1) is 0 Å². The minimum absolute atomic E-state index is 0.0987. The maximum absolute atomic E-state index is 13.0. The lowest BCUT2D eigenvalue weighted by atomic mass is 9.73. The quantitative estimate of drug-likeness (QED) is 0.793. The van der Waals surface area contributed by atoms with Crippen molar-refractivity contribution in [1.82, 2.24) is 15.1 Å². The highest BCUT2D eigenvalue weighted by atomic mass is 16.2. The molecule has 140 valence electrons. The number of hydrogen-bond acceptors (Lipinski definition) is 3. The van der Waals surface area contributed by atoms with E-state index < -0.39 is 11.6 Å². The monoisotopic (exact) mass is 349 g/mol. The van der Waals surface area contributed by atoms with Gasteiger partial charge in [0, 0.05) is 12.6 Å². The molecule has 1 heterocycles. The second kappa shape index (κ2) is 7.34. The van der Waals surface area contributed by atoms with Crippen LogP contribution in [0.25, 0.3) is 0 Å². The molecule has 0 aromatic rings. The zero-order valence-corrected chi connectivity index (χ0v) is 15.6. The molecule has 6 heteroatoms. The summed E-state index contributed by atoms with van der Waals surface area (Å²) in [7, 11) is 0. The van der Waals surface area contributed by atoms with E-state index in [2.05, 4.69) is 5.32 Å². The van der Waals surface area contributed by atoms with Crippen LogP contribution in [0.1, 0.15) is 71.6 Å². The van der Waals surface area contributed by atoms with Crippen LogP contribution in [0.3, 0.4) is 0 Å². The van der Waals surface area contributed by atoms with Crippen molar-refractivity contribution in [2.75, 3.05) is 13.1 Å². The number of nitrogens with zero attached hydrogens (tertiary/aromatic N) is 2. The van der Waals surface area contributed by atoms with E-state index in [9.17, 15) is 14.4 Å². The first-order chi connectivity index (χ1) is 12.0. The van der Waals surface area contributed by atoms with Gasteiger partial charge in [0.05, 0.1) is 0 Å². The largest absolute Gasteiger partial charge is 0.338 e. The Kier molecular flexibility index (Phi) is 5.35. The summed E-state index contributed by atoms with van der Waals surface area (Å²) in [6, 6.07) is -0.138. The lowest BCUT2D eigenvalue weighted by Gasteiger charge is -2.37. The van der Waals surface area contributed by atoms with Crippen LogP contribution < -0.4 is 5.32 Å². The van der Waals surface area contributed by atoms with Crippen molar-refractivity contribution in [1.29, 1.82) is 0 Å². The highest BCUT2D eigenvalue weighted by molar-refractivity contribution is 6.09. The standard InChI is InChI=1S/C19H31N3O3/c1-3-21(15-10-5-4-6-11-15)16(23)13-22-17(24)19(20-18(22)25)12-8-7-9-14(19)2/h14-15H,3-13H2,1-2H3,(H,20,25)/t14-,19-/m1/s1. The van der Waals surface area contributed by atoms with Gasteiger partial charge in [-0.1, -0.05) is 39.0 Å². The van der Waals surface area contributed by atoms with Gasteiger partial charge < -0.3 is 10.2 Å². The smallest absolute Gasteiger partial charge is 0.325 e. The fourth-order valence-corrected chi connectivity index (χ4v) is 4.90. The van der Waals surface area contributed by atoms with E-state index in [0.717, 1.165) is 49.8 Å². The fraction of sp³-hybridized carbons (Fsp3) is 0.842. The number of amides is 4. The van der Waals surface area contributed by atoms with Crippen LogP contribution in [-0.2, 0) is 9.59 Å². The number of imide groups is 1. The van der Waals surface area contributed by atoms with Crippen molar-refractivity contribution in [3.63, 3.8) is 0 Å². The number of carbonyl (C=O) groups is 3. The first-order valence-corrected chi connectivity index (χ1v) is 9.93. The van der Waals surface area contributed by atoms with Crippen molar-refractivity contribution in [2.45, 2.75) is 83.2 Å². The number of hydrogen-bond donors (Lipinski definition) is 1. The molecule has 0 bridgehead atoms. The second-order valence-electron chi connectivity index (χ2n) is 7.91. The third-order valence-electron chi connectivity index (χ3n) is 6.47. The summed E-state index contributed by atoms with van der Waals surface area (Å²) < 4.78 is 0. The highest BCUT2D eigenvalue weighted by Crippen LogP contribution is 2.38. The van der Waals surface area contributed by atoms with E-state index in [4.69, 9.17) is 0 Å². The molecular formula is C19H31N3O3. The number of nitrogens with one attached hydrogen (secondary N) is 1. The van der Waals surface area contributed by atoms with E-state index in [1.807, 2.05) is 18.7 Å². The first-order valence-electron chi connectivity index (χ1n) is 9.93. The summed E-state index contributed by atoms with van der Waals surface area (Å²) >= 11 is 0. The van der Waals surface area contributed by atoms with Gasteiger partial charge in [-0.05, 0) is 38.5 Å². The summed E-state index contributed by atoms with van der Waals surface area (Å²) in [6.45, 7) is 4.52. The molecule has 1 saturated heterocycles. The number of likely N-dealkylation sites (N-methyl/N-ethyl adjacent to an activating group) is 1. The SMILES string of the molecule is CCN(C(=O)CN1C(=O)N[C@@]2(CCCC[C@H]2C)C1=O)C1CCCCC1. The molecule has 4 amide bonds. The zero-order valence-electron chi connectivity index (χ0n) is 15.6. The molecule has 25 heavy (non-hydrogen) atoms. The Labute approximate surface area is 150 Å². The average Bonchev–Trinajstić information content (AvgIpc) is 2.84. The van der Waals surface area contributed by atoms with Crippen LogP contribution in [0.5, 0.6) is 0 Å². The van der Waals surface area contributed by atoms with E-state index in [-0.39, 0.29) is 30.3 Å². The van der Waals surface area contributed by atoms with Crippen LogP contribution in [-0.4, -0.2) is 52.3 Å². The van der Waals surface area contributed by atoms with Gasteiger partial charge in [-0.3, -0.25) is 14.5 Å². The molecule has 1 aliphatic heterocycles. The summed E-state index contributed by atoms with van der Waals surface area (Å²) in [6.07, 6.45) is 9.26. The molecule has 1 spiro atoms. The maximum atomic E-state index is 13.0. The number of carbonyl (C=O) groups excluding carboxylic acids is 3. The van der Waals surface area contributed by atoms with Gasteiger partial charge >= 0.3 is 6.03 Å². The third kappa shape index (κ3) is 3.27. The van der Waals surface area contributed by atoms with Gasteiger partial charge in [0.1, 0.15) is 12.1 Å². The molecule has 3 fully saturated rings. The summed E-state index contributed by atoms with van der Waals surface area (Å²) in [5.74, 6) is -0.172. The topological polar surface area (TPSA) is 69.7 Å². The zero-order chi connectivity index (χ0) is 18.0. The van der Waals surface area contributed by atoms with Crippen molar-refractivity contribution in [3.05, 3.63) is 0 Å². The Balaban J connectivity index is 1.70. The van der Waals surface area contributed by atoms with Gasteiger partial charge in [0.15, 0.2) is 0 Å². The predicted molar refractivity (Wildman–Crippen MR) is 94.9 cm³/mol. The number of urea groups is 1. The Morgan fingerprint density at radius 2 is 1.84 bits per heavy atom. The molecular weight excluding hydrogens is 318 g/mol. The van der Waals surface area contributed by atoms with E-state index in [0.29, 0.717) is 13.0 Å². The van der Waals surface area contributed by atoms with Crippen molar-refractivity contribution >= 4 is 17.8 Å². The Bertz CT molecular complexity index is 544. The predicted octanol–water partition coefficient (Wildman–Crippen LogP) is 2.67. The Hall–Kier alpha value is -1.59. The summed E-state index contributed by atoms with van der Waals surface area (Å²) in [5, 5.41) is 2.93. The van der Waals surface area contributed by atoms with E-state index in [1.165, 1.54) is 6.42 Å². The van der Waals surface area contributed by atoms with E-state index in [1.54, 1.807) is 0 Å². The molecule has 0 aromatic heterocycles. The van der Waals surface area contributed by atoms with Crippen molar-refractivity contribution < 1.29 is 14.4 Å². The molecule has 0 aromatic carbocycles. The third-order valence-corrected chi connectivity index (χ3v) is 6.47. The molecule has 1 N–H and O–H groups in total. The lowest BCUT2D eigenvalue weighted by molar-refractivity contribution is -0.142. The average molecular weight is 349 g/mol. The van der Waals surface area contributed by atoms with Crippen LogP contribution >= 0.6 is 0 Å². The minimum atomic E-state index is -0.780. The van der Waals surface area contributed by atoms with E-state index >= 15 is 0 Å². The van der Waals surface area contributed by atoms with Gasteiger partial charge in [-0.2, -0.15) is 0 Å². The van der Waals surface area contributed by atoms with Crippen LogP contribution in [0.15, 0.2) is 0 Å². The van der Waals surface area contributed by atoms with Crippen molar-refractivity contribution in [3.8, 4) is 0 Å². The summed E-state index contributed by atoms with van der Waals surface area (Å²) in [5.41, 5.74) is -0.780. The molecule has 2 atom stereocenters. The van der Waals surface area contributed by atoms with Gasteiger partial charge in [0.25, 0.3) is 5.91 Å². The molecule has 0 radical (unpaired) electrons. The maximum Gasteiger partial charge on any atom is 0.325 e. The highest BCUT2D eigenvalue weighted by Gasteiger charge is 2.55. The molecule has 3 rings (SSSR count). The van der Waals surface area contributed by atoms with Crippen LogP contribution in [0.2, 0.25) is 0 Å². The molecule has 3 aliphatic rings. The summed E-state index contributed by atoms with van der Waals surface area (Å²) in [4.78, 5) is 41.3. The first kappa shape index (κ1) is 18.2. The molecule has 6 nitrogen and oxygen atoms in total. The normalized spacial score (nSPS) is 30.6. The van der Waals surface area contributed by atoms with Crippen LogP contribution in [0, 0.1) is 5.92 Å². The van der Waals surface area contributed by atoms with Crippen LogP contribution in [0.4, 0.5) is 4.79 Å². The number of rotatable bonds is 4. The molecule has 2 aliphatic carbocycles. The Morgan fingerprint density at radius 3 is 2.48 bits per heavy atom. The minimum Gasteiger partial charge on any atom is -0.338 e. The Morgan fingerprint density at radius 1 is 1.16 bits per heavy atom. The van der Waals surface area contributed by atoms with Gasteiger partial charge in [-0.25, -0.2) is 4.79 Å². The molecule has 0 unspecified atom stereocenters. The van der Waals surface area contributed by atoms with Gasteiger partial charge in [0.2, 0.25) is 5.91 Å². The lowest BCUT2D eigenvalue weighted by Crippen LogP contribution is -2.54.